The van der Waals surface area contributed by atoms with Crippen molar-refractivity contribution >= 4 is 29.1 Å². The van der Waals surface area contributed by atoms with E-state index < -0.39 is 0 Å². The molecule has 3 rings (SSSR count). The van der Waals surface area contributed by atoms with Gasteiger partial charge in [0.1, 0.15) is 0 Å². The summed E-state index contributed by atoms with van der Waals surface area (Å²) in [6, 6.07) is 2.09. The SMILES string of the molecule is C=CC(=O)NCCNC(=O)C1CCCN(C(=O)C2CCCc3sccc32)C1. The summed E-state index contributed by atoms with van der Waals surface area (Å²) in [5.41, 5.74) is 1.20. The first-order chi connectivity index (χ1) is 13.1. The van der Waals surface area contributed by atoms with E-state index in [1.165, 1.54) is 16.5 Å². The van der Waals surface area contributed by atoms with Crippen molar-refractivity contribution < 1.29 is 14.4 Å². The zero-order valence-electron chi connectivity index (χ0n) is 15.5. The van der Waals surface area contributed by atoms with Gasteiger partial charge < -0.3 is 15.5 Å². The third kappa shape index (κ3) is 4.77. The van der Waals surface area contributed by atoms with E-state index in [-0.39, 0.29) is 29.6 Å². The fourth-order valence-corrected chi connectivity index (χ4v) is 4.93. The van der Waals surface area contributed by atoms with E-state index in [0.717, 1.165) is 38.6 Å². The lowest BCUT2D eigenvalue weighted by Gasteiger charge is -2.35. The Morgan fingerprint density at radius 1 is 1.22 bits per heavy atom. The fraction of sp³-hybridized carbons (Fsp3) is 0.550. The smallest absolute Gasteiger partial charge is 0.243 e. The van der Waals surface area contributed by atoms with Crippen LogP contribution in [0.25, 0.3) is 0 Å². The molecule has 2 N–H and O–H groups in total. The number of fused-ring (bicyclic) bond motifs is 1. The quantitative estimate of drug-likeness (QED) is 0.575. The van der Waals surface area contributed by atoms with Crippen LogP contribution >= 0.6 is 11.3 Å². The van der Waals surface area contributed by atoms with E-state index in [4.69, 9.17) is 0 Å². The van der Waals surface area contributed by atoms with E-state index in [1.807, 2.05) is 4.90 Å². The first-order valence-corrected chi connectivity index (χ1v) is 10.5. The molecule has 0 aromatic carbocycles. The van der Waals surface area contributed by atoms with Gasteiger partial charge >= 0.3 is 0 Å². The number of hydrogen-bond donors (Lipinski definition) is 2. The second kappa shape index (κ2) is 9.17. The van der Waals surface area contributed by atoms with Gasteiger partial charge in [-0.25, -0.2) is 0 Å². The maximum atomic E-state index is 13.1. The van der Waals surface area contributed by atoms with Gasteiger partial charge in [0.25, 0.3) is 0 Å². The number of aryl methyl sites for hydroxylation is 1. The largest absolute Gasteiger partial charge is 0.354 e. The van der Waals surface area contributed by atoms with Gasteiger partial charge in [-0.15, -0.1) is 11.3 Å². The van der Waals surface area contributed by atoms with Gasteiger partial charge in [-0.1, -0.05) is 6.58 Å². The Balaban J connectivity index is 1.52. The summed E-state index contributed by atoms with van der Waals surface area (Å²) in [4.78, 5) is 39.9. The summed E-state index contributed by atoms with van der Waals surface area (Å²) >= 11 is 1.74. The molecule has 0 bridgehead atoms. The van der Waals surface area contributed by atoms with Crippen molar-refractivity contribution in [1.29, 1.82) is 0 Å². The van der Waals surface area contributed by atoms with Gasteiger partial charge in [0.15, 0.2) is 0 Å². The number of carbonyl (C=O) groups is 3. The van der Waals surface area contributed by atoms with Gasteiger partial charge in [0.2, 0.25) is 17.7 Å². The molecule has 7 heteroatoms. The van der Waals surface area contributed by atoms with Crippen molar-refractivity contribution in [3.63, 3.8) is 0 Å². The standard InChI is InChI=1S/C20H27N3O3S/c1-2-18(24)21-9-10-22-19(25)14-5-4-11-23(13-14)20(26)16-6-3-7-17-15(16)8-12-27-17/h2,8,12,14,16H,1,3-7,9-11,13H2,(H,21,24)(H,22,25). The molecule has 3 amide bonds. The van der Waals surface area contributed by atoms with Crippen molar-refractivity contribution in [2.75, 3.05) is 26.2 Å². The molecule has 1 aromatic rings. The van der Waals surface area contributed by atoms with Crippen LogP contribution in [0.1, 0.15) is 42.0 Å². The minimum atomic E-state index is -0.251. The zero-order valence-corrected chi connectivity index (χ0v) is 16.4. The predicted molar refractivity (Wildman–Crippen MR) is 106 cm³/mol. The summed E-state index contributed by atoms with van der Waals surface area (Å²) in [7, 11) is 0. The summed E-state index contributed by atoms with van der Waals surface area (Å²) < 4.78 is 0. The molecule has 2 atom stereocenters. The van der Waals surface area contributed by atoms with Crippen molar-refractivity contribution in [3.05, 3.63) is 34.5 Å². The van der Waals surface area contributed by atoms with Crippen LogP contribution in [0.2, 0.25) is 0 Å². The highest BCUT2D eigenvalue weighted by Gasteiger charge is 2.34. The molecule has 27 heavy (non-hydrogen) atoms. The molecule has 2 unspecified atom stereocenters. The van der Waals surface area contributed by atoms with Crippen LogP contribution in [0, 0.1) is 5.92 Å². The Hall–Kier alpha value is -2.15. The number of carbonyl (C=O) groups excluding carboxylic acids is 3. The van der Waals surface area contributed by atoms with Gasteiger partial charge in [0, 0.05) is 31.1 Å². The van der Waals surface area contributed by atoms with E-state index in [1.54, 1.807) is 11.3 Å². The molecule has 1 aromatic heterocycles. The normalized spacial score (nSPS) is 21.9. The first kappa shape index (κ1) is 19.6. The zero-order chi connectivity index (χ0) is 19.2. The lowest BCUT2D eigenvalue weighted by Crippen LogP contribution is -2.48. The Morgan fingerprint density at radius 2 is 2.04 bits per heavy atom. The van der Waals surface area contributed by atoms with Crippen molar-refractivity contribution in [2.45, 2.75) is 38.0 Å². The summed E-state index contributed by atoms with van der Waals surface area (Å²) in [5, 5.41) is 7.57. The van der Waals surface area contributed by atoms with E-state index in [0.29, 0.717) is 19.6 Å². The number of nitrogens with one attached hydrogen (secondary N) is 2. The molecule has 146 valence electrons. The molecule has 0 spiro atoms. The highest BCUT2D eigenvalue weighted by molar-refractivity contribution is 7.10. The Kier molecular flexibility index (Phi) is 6.66. The van der Waals surface area contributed by atoms with E-state index >= 15 is 0 Å². The first-order valence-electron chi connectivity index (χ1n) is 9.63. The second-order valence-corrected chi connectivity index (χ2v) is 8.15. The predicted octanol–water partition coefficient (Wildman–Crippen LogP) is 1.82. The Bertz CT molecular complexity index is 715. The van der Waals surface area contributed by atoms with E-state index in [9.17, 15) is 14.4 Å². The number of amides is 3. The van der Waals surface area contributed by atoms with Gasteiger partial charge in [-0.2, -0.15) is 0 Å². The summed E-state index contributed by atoms with van der Waals surface area (Å²) in [6.45, 7) is 5.35. The van der Waals surface area contributed by atoms with Crippen LogP contribution in [0.4, 0.5) is 0 Å². The molecule has 1 aliphatic heterocycles. The molecule has 0 radical (unpaired) electrons. The van der Waals surface area contributed by atoms with Crippen molar-refractivity contribution in [2.24, 2.45) is 5.92 Å². The molecule has 0 saturated carbocycles. The molecular weight excluding hydrogens is 362 g/mol. The molecule has 2 heterocycles. The van der Waals surface area contributed by atoms with Gasteiger partial charge in [-0.3, -0.25) is 14.4 Å². The molecule has 6 nitrogen and oxygen atoms in total. The second-order valence-electron chi connectivity index (χ2n) is 7.15. The lowest BCUT2D eigenvalue weighted by atomic mass is 9.85. The van der Waals surface area contributed by atoms with Crippen LogP contribution in [-0.2, 0) is 20.8 Å². The number of piperidine rings is 1. The van der Waals surface area contributed by atoms with Crippen LogP contribution in [0.3, 0.4) is 0 Å². The van der Waals surface area contributed by atoms with E-state index in [2.05, 4.69) is 28.7 Å². The molecule has 2 aliphatic rings. The van der Waals surface area contributed by atoms with Crippen molar-refractivity contribution in [1.82, 2.24) is 15.5 Å². The van der Waals surface area contributed by atoms with Gasteiger partial charge in [-0.05, 0) is 55.2 Å². The van der Waals surface area contributed by atoms with Gasteiger partial charge in [0.05, 0.1) is 11.8 Å². The number of thiophene rings is 1. The topological polar surface area (TPSA) is 78.5 Å². The number of nitrogens with zero attached hydrogens (tertiary/aromatic N) is 1. The average Bonchev–Trinajstić information content (AvgIpc) is 3.19. The van der Waals surface area contributed by atoms with Crippen molar-refractivity contribution in [3.8, 4) is 0 Å². The monoisotopic (exact) mass is 389 g/mol. The molecule has 1 fully saturated rings. The van der Waals surface area contributed by atoms with Crippen LogP contribution in [0.5, 0.6) is 0 Å². The highest BCUT2D eigenvalue weighted by Crippen LogP contribution is 2.36. The maximum absolute atomic E-state index is 13.1. The summed E-state index contributed by atoms with van der Waals surface area (Å²) in [5.74, 6) is -0.344. The Morgan fingerprint density at radius 3 is 2.85 bits per heavy atom. The average molecular weight is 390 g/mol. The Labute approximate surface area is 164 Å². The lowest BCUT2D eigenvalue weighted by molar-refractivity contribution is -0.137. The van der Waals surface area contributed by atoms with Crippen LogP contribution in [-0.4, -0.2) is 48.8 Å². The minimum Gasteiger partial charge on any atom is -0.354 e. The number of likely N-dealkylation sites (tertiary alicyclic amines) is 1. The third-order valence-electron chi connectivity index (χ3n) is 5.36. The van der Waals surface area contributed by atoms with Crippen LogP contribution < -0.4 is 10.6 Å². The fourth-order valence-electron chi connectivity index (χ4n) is 3.94. The summed E-state index contributed by atoms with van der Waals surface area (Å²) in [6.07, 6.45) is 5.88. The highest BCUT2D eigenvalue weighted by atomic mass is 32.1. The maximum Gasteiger partial charge on any atom is 0.243 e. The molecular formula is C20H27N3O3S. The molecule has 1 saturated heterocycles. The van der Waals surface area contributed by atoms with Crippen LogP contribution in [0.15, 0.2) is 24.1 Å². The third-order valence-corrected chi connectivity index (χ3v) is 6.36. The molecule has 1 aliphatic carbocycles. The number of rotatable bonds is 6. The number of hydrogen-bond acceptors (Lipinski definition) is 4. The minimum absolute atomic E-state index is 0.0415.